The van der Waals surface area contributed by atoms with Crippen molar-refractivity contribution in [1.29, 1.82) is 5.26 Å². The van der Waals surface area contributed by atoms with E-state index < -0.39 is 0 Å². The van der Waals surface area contributed by atoms with Crippen molar-refractivity contribution in [2.45, 2.75) is 6.92 Å². The van der Waals surface area contributed by atoms with Gasteiger partial charge < -0.3 is 10.8 Å². The van der Waals surface area contributed by atoms with E-state index in [0.29, 0.717) is 6.54 Å². The smallest absolute Gasteiger partial charge is 0.0587 e. The maximum atomic E-state index is 7.75. The van der Waals surface area contributed by atoms with Crippen LogP contribution in [-0.2, 0) is 0 Å². The van der Waals surface area contributed by atoms with Gasteiger partial charge in [-0.25, -0.2) is 0 Å². The molecular formula is C4H10N2O. The quantitative estimate of drug-likeness (QED) is 0.467. The van der Waals surface area contributed by atoms with Crippen molar-refractivity contribution < 1.29 is 5.11 Å². The van der Waals surface area contributed by atoms with Gasteiger partial charge >= 0.3 is 0 Å². The highest BCUT2D eigenvalue weighted by Crippen LogP contribution is 1.33. The maximum Gasteiger partial charge on any atom is 0.0587 e. The zero-order valence-corrected chi connectivity index (χ0v) is 4.39. The highest BCUT2D eigenvalue weighted by atomic mass is 16.3. The van der Waals surface area contributed by atoms with Gasteiger partial charge in [-0.1, -0.05) is 0 Å². The Morgan fingerprint density at radius 3 is 2.00 bits per heavy atom. The Hall–Kier alpha value is -0.590. The van der Waals surface area contributed by atoms with Gasteiger partial charge in [0.1, 0.15) is 0 Å². The first-order valence-electron chi connectivity index (χ1n) is 1.95. The van der Waals surface area contributed by atoms with Gasteiger partial charge in [-0.2, -0.15) is 5.26 Å². The van der Waals surface area contributed by atoms with E-state index in [9.17, 15) is 0 Å². The summed E-state index contributed by atoms with van der Waals surface area (Å²) in [7, 11) is 0. The van der Waals surface area contributed by atoms with Crippen LogP contribution >= 0.6 is 0 Å². The molecule has 0 unspecified atom stereocenters. The zero-order valence-electron chi connectivity index (χ0n) is 4.39. The van der Waals surface area contributed by atoms with Gasteiger partial charge in [0, 0.05) is 13.5 Å². The van der Waals surface area contributed by atoms with E-state index in [-0.39, 0.29) is 6.61 Å². The Labute approximate surface area is 43.4 Å². The summed E-state index contributed by atoms with van der Waals surface area (Å²) in [5.41, 5.74) is 4.78. The predicted molar refractivity (Wildman–Crippen MR) is 27.4 cm³/mol. The summed E-state index contributed by atoms with van der Waals surface area (Å²) >= 11 is 0. The number of aliphatic hydroxyl groups is 1. The van der Waals surface area contributed by atoms with Crippen LogP contribution in [-0.4, -0.2) is 18.3 Å². The lowest BCUT2D eigenvalue weighted by Crippen LogP contribution is -2.02. The monoisotopic (exact) mass is 102 g/mol. The van der Waals surface area contributed by atoms with E-state index in [1.54, 1.807) is 6.07 Å². The van der Waals surface area contributed by atoms with Gasteiger partial charge in [0.15, 0.2) is 0 Å². The van der Waals surface area contributed by atoms with Crippen molar-refractivity contribution in [2.75, 3.05) is 13.2 Å². The maximum absolute atomic E-state index is 7.75. The fourth-order valence-electron chi connectivity index (χ4n) is 0. The summed E-state index contributed by atoms with van der Waals surface area (Å²) in [6.07, 6.45) is 0. The largest absolute Gasteiger partial charge is 0.395 e. The second kappa shape index (κ2) is 18.1. The molecular weight excluding hydrogens is 92.1 g/mol. The molecule has 0 heterocycles. The van der Waals surface area contributed by atoms with Crippen LogP contribution in [0, 0.1) is 11.3 Å². The molecule has 0 radical (unpaired) electrons. The topological polar surface area (TPSA) is 70.0 Å². The van der Waals surface area contributed by atoms with Crippen molar-refractivity contribution >= 4 is 0 Å². The standard InChI is InChI=1S/C2H7NO.C2H3N/c3-1-2-4;1-2-3/h4H,1-3H2;1H3. The molecule has 0 amide bonds. The molecule has 0 aromatic carbocycles. The van der Waals surface area contributed by atoms with E-state index >= 15 is 0 Å². The molecule has 0 fully saturated rings. The highest BCUT2D eigenvalue weighted by Gasteiger charge is 1.56. The lowest BCUT2D eigenvalue weighted by Gasteiger charge is -1.71. The molecule has 0 bridgehead atoms. The van der Waals surface area contributed by atoms with E-state index in [1.807, 2.05) is 0 Å². The number of aliphatic hydroxyl groups excluding tert-OH is 1. The van der Waals surface area contributed by atoms with Gasteiger partial charge in [-0.3, -0.25) is 0 Å². The van der Waals surface area contributed by atoms with Crippen molar-refractivity contribution in [1.82, 2.24) is 0 Å². The fraction of sp³-hybridized carbons (Fsp3) is 0.750. The number of nitrogens with zero attached hydrogens (tertiary/aromatic N) is 1. The minimum absolute atomic E-state index is 0.0972. The van der Waals surface area contributed by atoms with Gasteiger partial charge in [0.05, 0.1) is 12.7 Å². The molecule has 0 saturated carbocycles. The minimum Gasteiger partial charge on any atom is -0.395 e. The molecule has 0 aromatic rings. The first-order valence-corrected chi connectivity index (χ1v) is 1.95. The molecule has 7 heavy (non-hydrogen) atoms. The van der Waals surface area contributed by atoms with Crippen molar-refractivity contribution in [3.63, 3.8) is 0 Å². The molecule has 0 spiro atoms. The molecule has 0 aliphatic carbocycles. The summed E-state index contributed by atoms with van der Waals surface area (Å²) < 4.78 is 0. The summed E-state index contributed by atoms with van der Waals surface area (Å²) in [6.45, 7) is 1.90. The number of hydrogen-bond acceptors (Lipinski definition) is 3. The molecule has 42 valence electrons. The summed E-state index contributed by atoms with van der Waals surface area (Å²) in [4.78, 5) is 0. The third kappa shape index (κ3) is 374. The molecule has 0 saturated heterocycles. The first-order chi connectivity index (χ1) is 3.33. The molecule has 3 heteroatoms. The number of rotatable bonds is 1. The third-order valence-electron chi connectivity index (χ3n) is 0.129. The molecule has 0 aliphatic heterocycles. The van der Waals surface area contributed by atoms with Crippen LogP contribution in [0.4, 0.5) is 0 Å². The van der Waals surface area contributed by atoms with Gasteiger partial charge in [0.25, 0.3) is 0 Å². The van der Waals surface area contributed by atoms with Crippen LogP contribution in [0.2, 0.25) is 0 Å². The summed E-state index contributed by atoms with van der Waals surface area (Å²) in [6, 6.07) is 1.75. The van der Waals surface area contributed by atoms with Crippen LogP contribution < -0.4 is 5.73 Å². The van der Waals surface area contributed by atoms with Crippen molar-refractivity contribution in [3.05, 3.63) is 0 Å². The molecule has 0 atom stereocenters. The van der Waals surface area contributed by atoms with E-state index in [0.717, 1.165) is 0 Å². The van der Waals surface area contributed by atoms with E-state index in [1.165, 1.54) is 6.92 Å². The summed E-state index contributed by atoms with van der Waals surface area (Å²) in [5, 5.41) is 15.1. The zero-order chi connectivity index (χ0) is 6.12. The second-order valence-corrected chi connectivity index (χ2v) is 0.736. The molecule has 0 rings (SSSR count). The van der Waals surface area contributed by atoms with Crippen molar-refractivity contribution in [2.24, 2.45) is 5.73 Å². The number of nitrogens with two attached hydrogens (primary N) is 1. The van der Waals surface area contributed by atoms with Crippen molar-refractivity contribution in [3.8, 4) is 6.07 Å². The van der Waals surface area contributed by atoms with E-state index in [4.69, 9.17) is 16.1 Å². The Kier molecular flexibility index (Phi) is 25.0. The van der Waals surface area contributed by atoms with Crippen LogP contribution in [0.3, 0.4) is 0 Å². The van der Waals surface area contributed by atoms with Gasteiger partial charge in [-0.05, 0) is 0 Å². The lowest BCUT2D eigenvalue weighted by molar-refractivity contribution is 0.306. The van der Waals surface area contributed by atoms with Gasteiger partial charge in [-0.15, -0.1) is 0 Å². The Morgan fingerprint density at radius 2 is 2.00 bits per heavy atom. The normalized spacial score (nSPS) is 5.43. The average molecular weight is 102 g/mol. The number of nitriles is 1. The average Bonchev–Trinajstić information content (AvgIpc) is 1.69. The minimum atomic E-state index is 0.0972. The fourth-order valence-corrected chi connectivity index (χ4v) is 0. The third-order valence-corrected chi connectivity index (χ3v) is 0.129. The van der Waals surface area contributed by atoms with E-state index in [2.05, 4.69) is 0 Å². The van der Waals surface area contributed by atoms with Gasteiger partial charge in [0.2, 0.25) is 0 Å². The second-order valence-electron chi connectivity index (χ2n) is 0.736. The highest BCUT2D eigenvalue weighted by molar-refractivity contribution is 4.51. The molecule has 0 aliphatic rings. The van der Waals surface area contributed by atoms with Crippen LogP contribution in [0.25, 0.3) is 0 Å². The molecule has 0 aromatic heterocycles. The Balaban J connectivity index is 0. The molecule has 3 N–H and O–H groups in total. The van der Waals surface area contributed by atoms with Crippen LogP contribution in [0.15, 0.2) is 0 Å². The lowest BCUT2D eigenvalue weighted by atomic mass is 10.8. The first kappa shape index (κ1) is 9.65. The Morgan fingerprint density at radius 1 is 1.86 bits per heavy atom. The summed E-state index contributed by atoms with van der Waals surface area (Å²) in [5.74, 6) is 0. The Bertz CT molecular complexity index is 46.1. The van der Waals surface area contributed by atoms with Crippen LogP contribution in [0.1, 0.15) is 6.92 Å². The van der Waals surface area contributed by atoms with Crippen LogP contribution in [0.5, 0.6) is 0 Å². The molecule has 3 nitrogen and oxygen atoms in total. The predicted octanol–water partition coefficient (Wildman–Crippen LogP) is -0.533. The SMILES string of the molecule is CC#N.NCCO. The number of hydrogen-bond donors (Lipinski definition) is 2.